The highest BCUT2D eigenvalue weighted by Gasteiger charge is 2.23. The van der Waals surface area contributed by atoms with Crippen LogP contribution in [-0.2, 0) is 0 Å². The maximum absolute atomic E-state index is 5.82. The molecule has 134 valence electrons. The Kier molecular flexibility index (Phi) is 4.17. The minimum Gasteiger partial charge on any atom is -0.365 e. The Morgan fingerprint density at radius 3 is 2.78 bits per heavy atom. The fraction of sp³-hybridized carbons (Fsp3) is 0.190. The summed E-state index contributed by atoms with van der Waals surface area (Å²) in [7, 11) is 0. The van der Waals surface area contributed by atoms with Crippen LogP contribution in [0, 0.1) is 12.3 Å². The SMILES string of the molecule is C#Cc1cc(-c2ccccn2)sc1-c1nc2cnccn2c1NC(C)(C)C. The first-order chi connectivity index (χ1) is 13.0. The van der Waals surface area contributed by atoms with E-state index in [0.29, 0.717) is 0 Å². The molecule has 0 atom stereocenters. The van der Waals surface area contributed by atoms with Crippen LogP contribution in [0.5, 0.6) is 0 Å². The molecule has 0 aliphatic rings. The predicted molar refractivity (Wildman–Crippen MR) is 111 cm³/mol. The van der Waals surface area contributed by atoms with Crippen LogP contribution in [0.15, 0.2) is 49.1 Å². The first-order valence-corrected chi connectivity index (χ1v) is 9.40. The minimum absolute atomic E-state index is 0.134. The third-order valence-corrected chi connectivity index (χ3v) is 5.11. The first kappa shape index (κ1) is 17.3. The van der Waals surface area contributed by atoms with Crippen molar-refractivity contribution in [2.75, 3.05) is 5.32 Å². The van der Waals surface area contributed by atoms with Crippen LogP contribution >= 0.6 is 11.3 Å². The maximum atomic E-state index is 5.82. The summed E-state index contributed by atoms with van der Waals surface area (Å²) in [5.41, 5.74) is 3.19. The van der Waals surface area contributed by atoms with Crippen LogP contribution in [0.25, 0.3) is 26.8 Å². The summed E-state index contributed by atoms with van der Waals surface area (Å²) in [5.74, 6) is 3.72. The van der Waals surface area contributed by atoms with Gasteiger partial charge in [0.15, 0.2) is 5.65 Å². The standard InChI is InChI=1S/C21H19N5S/c1-5-14-12-16(15-8-6-7-9-23-15)27-19(14)18-20(25-21(2,3)4)26-11-10-22-13-17(26)24-18/h1,6-13,25H,2-4H3. The van der Waals surface area contributed by atoms with Crippen LogP contribution in [0.2, 0.25) is 0 Å². The van der Waals surface area contributed by atoms with Crippen molar-refractivity contribution < 1.29 is 0 Å². The molecule has 0 aliphatic carbocycles. The zero-order valence-electron chi connectivity index (χ0n) is 15.4. The predicted octanol–water partition coefficient (Wildman–Crippen LogP) is 4.71. The number of anilines is 1. The van der Waals surface area contributed by atoms with Crippen molar-refractivity contribution in [3.63, 3.8) is 0 Å². The Balaban J connectivity index is 1.94. The van der Waals surface area contributed by atoms with Crippen LogP contribution in [0.1, 0.15) is 26.3 Å². The third kappa shape index (κ3) is 3.29. The molecule has 5 nitrogen and oxygen atoms in total. The van der Waals surface area contributed by atoms with E-state index in [0.717, 1.165) is 38.2 Å². The van der Waals surface area contributed by atoms with E-state index >= 15 is 0 Å². The van der Waals surface area contributed by atoms with Crippen LogP contribution < -0.4 is 5.32 Å². The molecule has 0 amide bonds. The molecule has 0 aliphatic heterocycles. The topological polar surface area (TPSA) is 55.1 Å². The molecular weight excluding hydrogens is 354 g/mol. The van der Waals surface area contributed by atoms with Gasteiger partial charge in [-0.05, 0) is 39.0 Å². The largest absolute Gasteiger partial charge is 0.365 e. The summed E-state index contributed by atoms with van der Waals surface area (Å²) in [5, 5.41) is 3.57. The van der Waals surface area contributed by atoms with Crippen molar-refractivity contribution in [2.24, 2.45) is 0 Å². The lowest BCUT2D eigenvalue weighted by Gasteiger charge is -2.22. The van der Waals surface area contributed by atoms with Crippen molar-refractivity contribution >= 4 is 22.8 Å². The molecular formula is C21H19N5S. The Labute approximate surface area is 162 Å². The third-order valence-electron chi connectivity index (χ3n) is 3.94. The highest BCUT2D eigenvalue weighted by atomic mass is 32.1. The highest BCUT2D eigenvalue weighted by molar-refractivity contribution is 7.19. The molecule has 4 heterocycles. The van der Waals surface area contributed by atoms with E-state index in [1.807, 2.05) is 34.9 Å². The molecule has 0 spiro atoms. The van der Waals surface area contributed by atoms with Crippen molar-refractivity contribution in [3.05, 3.63) is 54.6 Å². The zero-order valence-corrected chi connectivity index (χ0v) is 16.2. The molecule has 0 saturated carbocycles. The first-order valence-electron chi connectivity index (χ1n) is 8.59. The van der Waals surface area contributed by atoms with Crippen LogP contribution in [0.4, 0.5) is 5.82 Å². The van der Waals surface area contributed by atoms with E-state index in [1.54, 1.807) is 29.9 Å². The molecule has 0 unspecified atom stereocenters. The summed E-state index contributed by atoms with van der Waals surface area (Å²) in [6, 6.07) is 7.87. The molecule has 4 rings (SSSR count). The van der Waals surface area contributed by atoms with Gasteiger partial charge in [0, 0.05) is 29.7 Å². The highest BCUT2D eigenvalue weighted by Crippen LogP contribution is 2.40. The number of terminal acetylenes is 1. The molecule has 0 radical (unpaired) electrons. The van der Waals surface area contributed by atoms with E-state index < -0.39 is 0 Å². The number of pyridine rings is 1. The van der Waals surface area contributed by atoms with E-state index in [9.17, 15) is 0 Å². The number of thiophene rings is 1. The van der Waals surface area contributed by atoms with Gasteiger partial charge in [-0.15, -0.1) is 17.8 Å². The lowest BCUT2D eigenvalue weighted by molar-refractivity contribution is 0.629. The quantitative estimate of drug-likeness (QED) is 0.528. The minimum atomic E-state index is -0.134. The lowest BCUT2D eigenvalue weighted by atomic mass is 10.1. The van der Waals surface area contributed by atoms with Gasteiger partial charge in [-0.2, -0.15) is 0 Å². The van der Waals surface area contributed by atoms with Gasteiger partial charge in [0.05, 0.1) is 21.6 Å². The molecule has 0 bridgehead atoms. The Morgan fingerprint density at radius 1 is 1.22 bits per heavy atom. The number of nitrogens with one attached hydrogen (secondary N) is 1. The number of fused-ring (bicyclic) bond motifs is 1. The van der Waals surface area contributed by atoms with Gasteiger partial charge in [-0.1, -0.05) is 12.0 Å². The number of imidazole rings is 1. The number of hydrogen-bond donors (Lipinski definition) is 1. The fourth-order valence-corrected chi connectivity index (χ4v) is 3.94. The van der Waals surface area contributed by atoms with Crippen LogP contribution in [-0.4, -0.2) is 24.9 Å². The summed E-state index contributed by atoms with van der Waals surface area (Å²) < 4.78 is 2.01. The lowest BCUT2D eigenvalue weighted by Crippen LogP contribution is -2.27. The second kappa shape index (κ2) is 6.53. The van der Waals surface area contributed by atoms with Crippen molar-refractivity contribution in [1.29, 1.82) is 0 Å². The summed E-state index contributed by atoms with van der Waals surface area (Å²) in [4.78, 5) is 15.4. The number of rotatable bonds is 3. The van der Waals surface area contributed by atoms with Gasteiger partial charge in [-0.3, -0.25) is 14.4 Å². The van der Waals surface area contributed by atoms with E-state index in [1.165, 1.54) is 0 Å². The Hall–Kier alpha value is -3.17. The van der Waals surface area contributed by atoms with Gasteiger partial charge >= 0.3 is 0 Å². The van der Waals surface area contributed by atoms with Crippen LogP contribution in [0.3, 0.4) is 0 Å². The monoisotopic (exact) mass is 373 g/mol. The fourth-order valence-electron chi connectivity index (χ4n) is 2.85. The van der Waals surface area contributed by atoms with Gasteiger partial charge in [-0.25, -0.2) is 4.98 Å². The molecule has 4 aromatic heterocycles. The smallest absolute Gasteiger partial charge is 0.157 e. The number of hydrogen-bond acceptors (Lipinski definition) is 5. The molecule has 27 heavy (non-hydrogen) atoms. The molecule has 0 fully saturated rings. The van der Waals surface area contributed by atoms with Gasteiger partial charge < -0.3 is 5.32 Å². The van der Waals surface area contributed by atoms with Gasteiger partial charge in [0.2, 0.25) is 0 Å². The number of aromatic nitrogens is 4. The molecule has 4 aromatic rings. The molecule has 6 heteroatoms. The van der Waals surface area contributed by atoms with E-state index in [-0.39, 0.29) is 5.54 Å². The molecule has 0 saturated heterocycles. The van der Waals surface area contributed by atoms with Crippen molar-refractivity contribution in [3.8, 4) is 33.5 Å². The summed E-state index contributed by atoms with van der Waals surface area (Å²) in [6.45, 7) is 6.35. The normalized spacial score (nSPS) is 11.5. The zero-order chi connectivity index (χ0) is 19.0. The molecule has 1 N–H and O–H groups in total. The number of nitrogens with zero attached hydrogens (tertiary/aromatic N) is 4. The second-order valence-electron chi connectivity index (χ2n) is 7.20. The average molecular weight is 373 g/mol. The average Bonchev–Trinajstić information content (AvgIpc) is 3.23. The maximum Gasteiger partial charge on any atom is 0.157 e. The van der Waals surface area contributed by atoms with Gasteiger partial charge in [0.25, 0.3) is 0 Å². The molecule has 0 aromatic carbocycles. The van der Waals surface area contributed by atoms with E-state index in [2.05, 4.69) is 42.0 Å². The summed E-state index contributed by atoms with van der Waals surface area (Å²) >= 11 is 1.60. The summed E-state index contributed by atoms with van der Waals surface area (Å²) in [6.07, 6.45) is 13.0. The van der Waals surface area contributed by atoms with Crippen molar-refractivity contribution in [1.82, 2.24) is 19.4 Å². The van der Waals surface area contributed by atoms with E-state index in [4.69, 9.17) is 11.4 Å². The van der Waals surface area contributed by atoms with Gasteiger partial charge in [0.1, 0.15) is 11.5 Å². The van der Waals surface area contributed by atoms with Crippen molar-refractivity contribution in [2.45, 2.75) is 26.3 Å². The Bertz CT molecular complexity index is 1140. The second-order valence-corrected chi connectivity index (χ2v) is 8.25. The Morgan fingerprint density at radius 2 is 2.07 bits per heavy atom.